The Kier molecular flexibility index (Phi) is 12.5. The maximum atomic E-state index is 13.8. The number of aromatic hydroxyl groups is 1. The van der Waals surface area contributed by atoms with Crippen molar-refractivity contribution in [3.8, 4) is 5.75 Å². The number of carbonyl (C=O) groups is 4. The summed E-state index contributed by atoms with van der Waals surface area (Å²) in [6.07, 6.45) is 3.41. The smallest absolute Gasteiger partial charge is 0.326 e. The van der Waals surface area contributed by atoms with Gasteiger partial charge in [-0.05, 0) is 67.1 Å². The molecule has 4 aromatic rings. The van der Waals surface area contributed by atoms with Gasteiger partial charge in [0, 0.05) is 29.9 Å². The average molecular weight is 643 g/mol. The van der Waals surface area contributed by atoms with Gasteiger partial charge >= 0.3 is 5.97 Å². The van der Waals surface area contributed by atoms with Gasteiger partial charge in [0.15, 0.2) is 0 Å². The molecule has 0 bridgehead atoms. The van der Waals surface area contributed by atoms with Crippen LogP contribution in [0, 0.1) is 0 Å². The summed E-state index contributed by atoms with van der Waals surface area (Å²) in [5.41, 5.74) is 14.9. The maximum absolute atomic E-state index is 13.8. The second-order valence-corrected chi connectivity index (χ2v) is 11.5. The molecule has 4 unspecified atom stereocenters. The lowest BCUT2D eigenvalue weighted by Gasteiger charge is -2.25. The Balaban J connectivity index is 1.54. The first-order valence-electron chi connectivity index (χ1n) is 15.6. The van der Waals surface area contributed by atoms with Gasteiger partial charge in [-0.15, -0.1) is 0 Å². The Morgan fingerprint density at radius 3 is 2.02 bits per heavy atom. The van der Waals surface area contributed by atoms with E-state index in [9.17, 15) is 29.4 Å². The van der Waals surface area contributed by atoms with E-state index in [0.717, 1.165) is 27.6 Å². The number of unbranched alkanes of at least 4 members (excludes halogenated alkanes) is 1. The number of para-hydroxylation sites is 1. The molecule has 4 atom stereocenters. The average Bonchev–Trinajstić information content (AvgIpc) is 3.47. The number of benzene rings is 3. The Hall–Kier alpha value is -5.20. The van der Waals surface area contributed by atoms with Crippen molar-refractivity contribution in [1.29, 1.82) is 0 Å². The molecule has 0 saturated carbocycles. The predicted octanol–water partition coefficient (Wildman–Crippen LogP) is 1.90. The minimum absolute atomic E-state index is 0.0480. The molecule has 0 aliphatic carbocycles. The molecule has 47 heavy (non-hydrogen) atoms. The van der Waals surface area contributed by atoms with Crippen molar-refractivity contribution < 1.29 is 29.4 Å². The van der Waals surface area contributed by atoms with Crippen LogP contribution in [0.25, 0.3) is 10.9 Å². The monoisotopic (exact) mass is 642 g/mol. The van der Waals surface area contributed by atoms with Crippen LogP contribution < -0.4 is 27.4 Å². The van der Waals surface area contributed by atoms with E-state index in [1.807, 2.05) is 30.3 Å². The van der Waals surface area contributed by atoms with Crippen molar-refractivity contribution in [2.45, 2.75) is 62.7 Å². The summed E-state index contributed by atoms with van der Waals surface area (Å²) in [6.45, 7) is 0.395. The zero-order chi connectivity index (χ0) is 33.8. The molecule has 0 radical (unpaired) electrons. The van der Waals surface area contributed by atoms with Crippen LogP contribution in [-0.2, 0) is 38.4 Å². The van der Waals surface area contributed by atoms with E-state index in [2.05, 4.69) is 20.9 Å². The number of nitrogens with two attached hydrogens (primary N) is 2. The number of rotatable bonds is 17. The number of hydrogen-bond acceptors (Lipinski definition) is 7. The minimum Gasteiger partial charge on any atom is -0.508 e. The molecular formula is C35H42N6O6. The summed E-state index contributed by atoms with van der Waals surface area (Å²) in [4.78, 5) is 56.0. The largest absolute Gasteiger partial charge is 0.508 e. The number of aliphatic carboxylic acids is 1. The molecule has 10 N–H and O–H groups in total. The van der Waals surface area contributed by atoms with Crippen molar-refractivity contribution >= 4 is 34.6 Å². The van der Waals surface area contributed by atoms with Crippen LogP contribution in [0.2, 0.25) is 0 Å². The maximum Gasteiger partial charge on any atom is 0.326 e. The Labute approximate surface area is 272 Å². The highest BCUT2D eigenvalue weighted by Crippen LogP contribution is 2.20. The van der Waals surface area contributed by atoms with Gasteiger partial charge in [0.1, 0.15) is 23.9 Å². The van der Waals surface area contributed by atoms with Crippen LogP contribution in [0.1, 0.15) is 36.0 Å². The van der Waals surface area contributed by atoms with Crippen molar-refractivity contribution in [3.63, 3.8) is 0 Å². The van der Waals surface area contributed by atoms with Crippen molar-refractivity contribution in [1.82, 2.24) is 20.9 Å². The highest BCUT2D eigenvalue weighted by Gasteiger charge is 2.31. The van der Waals surface area contributed by atoms with E-state index in [1.54, 1.807) is 42.6 Å². The predicted molar refractivity (Wildman–Crippen MR) is 178 cm³/mol. The number of aromatic amines is 1. The molecule has 4 rings (SSSR count). The summed E-state index contributed by atoms with van der Waals surface area (Å²) in [6, 6.07) is 18.3. The van der Waals surface area contributed by atoms with E-state index < -0.39 is 47.9 Å². The van der Waals surface area contributed by atoms with Gasteiger partial charge in [-0.2, -0.15) is 0 Å². The first-order valence-corrected chi connectivity index (χ1v) is 15.6. The number of aromatic nitrogens is 1. The fourth-order valence-corrected chi connectivity index (χ4v) is 5.34. The number of phenolic OH excluding ortho intramolecular Hbond substituents is 1. The number of amides is 3. The number of fused-ring (bicyclic) bond motifs is 1. The number of carboxylic acid groups (broad SMARTS) is 1. The fourth-order valence-electron chi connectivity index (χ4n) is 5.34. The number of phenols is 1. The molecule has 3 amide bonds. The van der Waals surface area contributed by atoms with Crippen LogP contribution in [0.4, 0.5) is 0 Å². The molecule has 0 aliphatic heterocycles. The zero-order valence-electron chi connectivity index (χ0n) is 26.0. The first-order chi connectivity index (χ1) is 22.6. The van der Waals surface area contributed by atoms with Crippen molar-refractivity contribution in [3.05, 3.63) is 102 Å². The van der Waals surface area contributed by atoms with Crippen LogP contribution in [0.15, 0.2) is 85.1 Å². The van der Waals surface area contributed by atoms with E-state index in [-0.39, 0.29) is 31.4 Å². The molecule has 1 heterocycles. The van der Waals surface area contributed by atoms with Crippen LogP contribution in [0.3, 0.4) is 0 Å². The molecule has 3 aromatic carbocycles. The van der Waals surface area contributed by atoms with Gasteiger partial charge in [-0.25, -0.2) is 4.79 Å². The van der Waals surface area contributed by atoms with Crippen molar-refractivity contribution in [2.24, 2.45) is 11.5 Å². The van der Waals surface area contributed by atoms with Crippen LogP contribution >= 0.6 is 0 Å². The second kappa shape index (κ2) is 16.9. The lowest BCUT2D eigenvalue weighted by Crippen LogP contribution is -2.58. The first kappa shape index (κ1) is 34.7. The van der Waals surface area contributed by atoms with Gasteiger partial charge in [0.2, 0.25) is 17.7 Å². The highest BCUT2D eigenvalue weighted by atomic mass is 16.4. The summed E-state index contributed by atoms with van der Waals surface area (Å²) >= 11 is 0. The number of carbonyl (C=O) groups excluding carboxylic acids is 3. The Morgan fingerprint density at radius 2 is 1.32 bits per heavy atom. The molecule has 0 spiro atoms. The molecule has 248 valence electrons. The zero-order valence-corrected chi connectivity index (χ0v) is 26.0. The van der Waals surface area contributed by atoms with Crippen LogP contribution in [0.5, 0.6) is 5.75 Å². The lowest BCUT2D eigenvalue weighted by atomic mass is 10.0. The molecule has 12 heteroatoms. The fraction of sp³-hybridized carbons (Fsp3) is 0.314. The SMILES string of the molecule is NCCCCC(NC(=O)C(N)Cc1ccc(O)cc1)C(=O)NC(Cc1c[nH]c2ccccc12)C(=O)NC(Cc1ccccc1)C(=O)O. The molecule has 0 aliphatic rings. The summed E-state index contributed by atoms with van der Waals surface area (Å²) in [7, 11) is 0. The molecule has 0 fully saturated rings. The topological polar surface area (TPSA) is 213 Å². The summed E-state index contributed by atoms with van der Waals surface area (Å²) in [5, 5.41) is 28.5. The molecule has 1 aromatic heterocycles. The standard InChI is InChI=1S/C35H42N6O6/c36-17-7-6-12-29(39-32(43)27(37)18-23-13-15-25(42)16-14-23)33(44)40-30(20-24-21-38-28-11-5-4-10-26(24)28)34(45)41-31(35(46)47)19-22-8-2-1-3-9-22/h1-5,8-11,13-16,21,27,29-31,38,42H,6-7,12,17-20,36-37H2,(H,39,43)(H,40,44)(H,41,45)(H,46,47). The van der Waals surface area contributed by atoms with Gasteiger partial charge in [-0.3, -0.25) is 14.4 Å². The number of nitrogens with one attached hydrogen (secondary N) is 4. The molecule has 0 saturated heterocycles. The lowest BCUT2D eigenvalue weighted by molar-refractivity contribution is -0.142. The van der Waals surface area contributed by atoms with E-state index in [1.165, 1.54) is 12.1 Å². The third kappa shape index (κ3) is 10.1. The van der Waals surface area contributed by atoms with E-state index in [4.69, 9.17) is 11.5 Å². The third-order valence-electron chi connectivity index (χ3n) is 7.94. The third-order valence-corrected chi connectivity index (χ3v) is 7.94. The Bertz CT molecular complexity index is 1640. The summed E-state index contributed by atoms with van der Waals surface area (Å²) in [5.74, 6) is -2.97. The van der Waals surface area contributed by atoms with Gasteiger partial charge in [0.25, 0.3) is 0 Å². The number of carboxylic acids is 1. The second-order valence-electron chi connectivity index (χ2n) is 11.5. The normalized spacial score (nSPS) is 13.7. The van der Waals surface area contributed by atoms with Gasteiger partial charge in [-0.1, -0.05) is 60.7 Å². The highest BCUT2D eigenvalue weighted by molar-refractivity contribution is 5.95. The molecule has 12 nitrogen and oxygen atoms in total. The Morgan fingerprint density at radius 1 is 0.702 bits per heavy atom. The quantitative estimate of drug-likeness (QED) is 0.0795. The summed E-state index contributed by atoms with van der Waals surface area (Å²) < 4.78 is 0. The van der Waals surface area contributed by atoms with Crippen molar-refractivity contribution in [2.75, 3.05) is 6.54 Å². The number of H-pyrrole nitrogens is 1. The molecular weight excluding hydrogens is 600 g/mol. The van der Waals surface area contributed by atoms with E-state index in [0.29, 0.717) is 19.4 Å². The number of hydrogen-bond donors (Lipinski definition) is 8. The van der Waals surface area contributed by atoms with Gasteiger partial charge in [0.05, 0.1) is 6.04 Å². The van der Waals surface area contributed by atoms with Gasteiger partial charge < -0.3 is 42.6 Å². The van der Waals surface area contributed by atoms with E-state index >= 15 is 0 Å². The van der Waals surface area contributed by atoms with Crippen LogP contribution in [-0.4, -0.2) is 69.6 Å². The minimum atomic E-state index is -1.25.